The van der Waals surface area contributed by atoms with Gasteiger partial charge in [-0.25, -0.2) is 0 Å². The van der Waals surface area contributed by atoms with Gasteiger partial charge >= 0.3 is 0 Å². The number of hydrogen-bond acceptors (Lipinski definition) is 2. The summed E-state index contributed by atoms with van der Waals surface area (Å²) in [4.78, 5) is 0. The first kappa shape index (κ1) is 12.7. The summed E-state index contributed by atoms with van der Waals surface area (Å²) in [5, 5.41) is 8.77. The lowest BCUT2D eigenvalue weighted by Gasteiger charge is -2.24. The highest BCUT2D eigenvalue weighted by atomic mass is 16.5. The maximum atomic E-state index is 8.77. The van der Waals surface area contributed by atoms with Crippen LogP contribution in [0.1, 0.15) is 43.9 Å². The van der Waals surface area contributed by atoms with Gasteiger partial charge in [0.1, 0.15) is 0 Å². The Morgan fingerprint density at radius 2 is 2.06 bits per heavy atom. The molecular formula is C14H19NO. The van der Waals surface area contributed by atoms with E-state index in [4.69, 9.17) is 10.00 Å². The van der Waals surface area contributed by atoms with E-state index >= 15 is 0 Å². The molecule has 86 valence electrons. The van der Waals surface area contributed by atoms with E-state index in [2.05, 4.69) is 26.8 Å². The monoisotopic (exact) mass is 217 g/mol. The molecule has 0 aliphatic carbocycles. The van der Waals surface area contributed by atoms with Crippen molar-refractivity contribution in [1.82, 2.24) is 0 Å². The van der Waals surface area contributed by atoms with Crippen LogP contribution in [0.4, 0.5) is 0 Å². The SMILES string of the molecule is CCC(C)(C)OCc1ccc(C#N)cc1C. The van der Waals surface area contributed by atoms with E-state index < -0.39 is 0 Å². The number of rotatable bonds is 4. The molecule has 0 aromatic heterocycles. The lowest BCUT2D eigenvalue weighted by Crippen LogP contribution is -2.22. The molecule has 0 bridgehead atoms. The third-order valence-corrected chi connectivity index (χ3v) is 2.94. The third kappa shape index (κ3) is 3.36. The second-order valence-corrected chi connectivity index (χ2v) is 4.65. The van der Waals surface area contributed by atoms with Crippen molar-refractivity contribution in [3.05, 3.63) is 34.9 Å². The van der Waals surface area contributed by atoms with Crippen LogP contribution in [-0.2, 0) is 11.3 Å². The molecule has 0 aliphatic heterocycles. The molecule has 16 heavy (non-hydrogen) atoms. The van der Waals surface area contributed by atoms with Crippen LogP contribution < -0.4 is 0 Å². The summed E-state index contributed by atoms with van der Waals surface area (Å²) >= 11 is 0. The Bertz CT molecular complexity index is 402. The summed E-state index contributed by atoms with van der Waals surface area (Å²) in [7, 11) is 0. The van der Waals surface area contributed by atoms with Crippen LogP contribution in [0.15, 0.2) is 18.2 Å². The Balaban J connectivity index is 2.73. The van der Waals surface area contributed by atoms with Gasteiger partial charge < -0.3 is 4.74 Å². The first-order valence-electron chi connectivity index (χ1n) is 5.62. The molecule has 0 saturated carbocycles. The normalized spacial score (nSPS) is 11.2. The van der Waals surface area contributed by atoms with Crippen molar-refractivity contribution in [3.8, 4) is 6.07 Å². The van der Waals surface area contributed by atoms with Crippen molar-refractivity contribution in [2.24, 2.45) is 0 Å². The minimum absolute atomic E-state index is 0.0830. The molecule has 1 aromatic rings. The minimum atomic E-state index is -0.0830. The van der Waals surface area contributed by atoms with E-state index in [9.17, 15) is 0 Å². The molecule has 0 unspecified atom stereocenters. The summed E-state index contributed by atoms with van der Waals surface area (Å²) in [5.41, 5.74) is 2.89. The number of aryl methyl sites for hydroxylation is 1. The highest BCUT2D eigenvalue weighted by Gasteiger charge is 2.15. The van der Waals surface area contributed by atoms with E-state index in [-0.39, 0.29) is 5.60 Å². The molecule has 0 amide bonds. The van der Waals surface area contributed by atoms with Crippen molar-refractivity contribution in [2.75, 3.05) is 0 Å². The van der Waals surface area contributed by atoms with E-state index in [1.54, 1.807) is 0 Å². The Morgan fingerprint density at radius 3 is 2.56 bits per heavy atom. The van der Waals surface area contributed by atoms with Crippen molar-refractivity contribution in [2.45, 2.75) is 46.3 Å². The topological polar surface area (TPSA) is 33.0 Å². The van der Waals surface area contributed by atoms with Crippen LogP contribution in [0, 0.1) is 18.3 Å². The zero-order valence-corrected chi connectivity index (χ0v) is 10.5. The summed E-state index contributed by atoms with van der Waals surface area (Å²) in [5.74, 6) is 0. The molecule has 0 heterocycles. The Morgan fingerprint density at radius 1 is 1.38 bits per heavy atom. The largest absolute Gasteiger partial charge is 0.371 e. The quantitative estimate of drug-likeness (QED) is 0.772. The summed E-state index contributed by atoms with van der Waals surface area (Å²) in [6, 6.07) is 7.85. The number of nitriles is 1. The number of ether oxygens (including phenoxy) is 1. The highest BCUT2D eigenvalue weighted by Crippen LogP contribution is 2.18. The number of nitrogens with zero attached hydrogens (tertiary/aromatic N) is 1. The molecule has 0 saturated heterocycles. The van der Waals surface area contributed by atoms with Crippen LogP contribution in [0.25, 0.3) is 0 Å². The van der Waals surface area contributed by atoms with Gasteiger partial charge in [0.25, 0.3) is 0 Å². The zero-order valence-electron chi connectivity index (χ0n) is 10.5. The predicted octanol–water partition coefficient (Wildman–Crippen LogP) is 3.57. The average Bonchev–Trinajstić information content (AvgIpc) is 2.27. The molecule has 2 nitrogen and oxygen atoms in total. The molecular weight excluding hydrogens is 198 g/mol. The van der Waals surface area contributed by atoms with Crippen molar-refractivity contribution >= 4 is 0 Å². The van der Waals surface area contributed by atoms with Gasteiger partial charge in [-0.3, -0.25) is 0 Å². The maximum absolute atomic E-state index is 8.77. The third-order valence-electron chi connectivity index (χ3n) is 2.94. The predicted molar refractivity (Wildman–Crippen MR) is 65.1 cm³/mol. The van der Waals surface area contributed by atoms with E-state index in [1.165, 1.54) is 0 Å². The van der Waals surface area contributed by atoms with E-state index in [0.717, 1.165) is 17.5 Å². The second kappa shape index (κ2) is 5.14. The molecule has 2 heteroatoms. The molecule has 0 spiro atoms. The fourth-order valence-corrected chi connectivity index (χ4v) is 1.30. The van der Waals surface area contributed by atoms with Crippen LogP contribution >= 0.6 is 0 Å². The van der Waals surface area contributed by atoms with Gasteiger partial charge in [-0.2, -0.15) is 5.26 Å². The molecule has 1 rings (SSSR count). The lowest BCUT2D eigenvalue weighted by molar-refractivity contribution is -0.0318. The van der Waals surface area contributed by atoms with Gasteiger partial charge in [-0.1, -0.05) is 13.0 Å². The summed E-state index contributed by atoms with van der Waals surface area (Å²) in [6.45, 7) is 8.92. The number of benzene rings is 1. The first-order valence-corrected chi connectivity index (χ1v) is 5.62. The molecule has 1 aromatic carbocycles. The van der Waals surface area contributed by atoms with Gasteiger partial charge in [-0.15, -0.1) is 0 Å². The summed E-state index contributed by atoms with van der Waals surface area (Å²) < 4.78 is 5.84. The molecule has 0 radical (unpaired) electrons. The van der Waals surface area contributed by atoms with Gasteiger partial charge in [0.05, 0.1) is 23.8 Å². The molecule has 0 atom stereocenters. The molecule has 0 N–H and O–H groups in total. The van der Waals surface area contributed by atoms with Gasteiger partial charge in [0.15, 0.2) is 0 Å². The van der Waals surface area contributed by atoms with E-state index in [1.807, 2.05) is 25.1 Å². The van der Waals surface area contributed by atoms with E-state index in [0.29, 0.717) is 12.2 Å². The summed E-state index contributed by atoms with van der Waals surface area (Å²) in [6.07, 6.45) is 0.988. The average molecular weight is 217 g/mol. The standard InChI is InChI=1S/C14H19NO/c1-5-14(3,4)16-10-13-7-6-12(9-15)8-11(13)2/h6-8H,5,10H2,1-4H3. The first-order chi connectivity index (χ1) is 7.48. The second-order valence-electron chi connectivity index (χ2n) is 4.65. The Labute approximate surface area is 97.9 Å². The fraction of sp³-hybridized carbons (Fsp3) is 0.500. The maximum Gasteiger partial charge on any atom is 0.0991 e. The zero-order chi connectivity index (χ0) is 12.2. The van der Waals surface area contributed by atoms with Crippen molar-refractivity contribution in [3.63, 3.8) is 0 Å². The molecule has 0 fully saturated rings. The van der Waals surface area contributed by atoms with Crippen LogP contribution in [-0.4, -0.2) is 5.60 Å². The smallest absolute Gasteiger partial charge is 0.0991 e. The highest BCUT2D eigenvalue weighted by molar-refractivity contribution is 5.37. The van der Waals surface area contributed by atoms with Crippen LogP contribution in [0.2, 0.25) is 0 Å². The van der Waals surface area contributed by atoms with Crippen molar-refractivity contribution < 1.29 is 4.74 Å². The Kier molecular flexibility index (Phi) is 4.09. The van der Waals surface area contributed by atoms with Crippen molar-refractivity contribution in [1.29, 1.82) is 5.26 Å². The fourth-order valence-electron chi connectivity index (χ4n) is 1.30. The molecule has 0 aliphatic rings. The van der Waals surface area contributed by atoms with Crippen LogP contribution in [0.3, 0.4) is 0 Å². The number of hydrogen-bond donors (Lipinski definition) is 0. The van der Waals surface area contributed by atoms with Gasteiger partial charge in [0.2, 0.25) is 0 Å². The lowest BCUT2D eigenvalue weighted by atomic mass is 10.0. The minimum Gasteiger partial charge on any atom is -0.371 e. The van der Waals surface area contributed by atoms with Gasteiger partial charge in [-0.05, 0) is 50.5 Å². The van der Waals surface area contributed by atoms with Gasteiger partial charge in [0, 0.05) is 0 Å². The van der Waals surface area contributed by atoms with Crippen LogP contribution in [0.5, 0.6) is 0 Å². The Hall–Kier alpha value is -1.33.